The van der Waals surface area contributed by atoms with E-state index >= 15 is 0 Å². The van der Waals surface area contributed by atoms with Gasteiger partial charge in [0.25, 0.3) is 0 Å². The third kappa shape index (κ3) is 3.57. The van der Waals surface area contributed by atoms with Crippen molar-refractivity contribution in [3.63, 3.8) is 0 Å². The summed E-state index contributed by atoms with van der Waals surface area (Å²) in [6, 6.07) is 18.0. The fourth-order valence-corrected chi connectivity index (χ4v) is 2.55. The van der Waals surface area contributed by atoms with Crippen LogP contribution in [0.5, 0.6) is 0 Å². The number of ketones is 1. The van der Waals surface area contributed by atoms with E-state index in [1.54, 1.807) is 0 Å². The number of carbonyl (C=O) groups is 1. The van der Waals surface area contributed by atoms with E-state index in [1.807, 2.05) is 42.5 Å². The highest BCUT2D eigenvalue weighted by Gasteiger charge is 2.18. The van der Waals surface area contributed by atoms with Crippen LogP contribution in [-0.2, 0) is 4.74 Å². The topological polar surface area (TPSA) is 38.3 Å². The Morgan fingerprint density at radius 2 is 1.76 bits per heavy atom. The predicted molar refractivity (Wildman–Crippen MR) is 83.4 cm³/mol. The van der Waals surface area contributed by atoms with Crippen LogP contribution in [0.25, 0.3) is 11.1 Å². The minimum Gasteiger partial charge on any atom is -0.375 e. The number of hydrogen-bond donors (Lipinski definition) is 1. The molecule has 1 fully saturated rings. The molecule has 3 heteroatoms. The van der Waals surface area contributed by atoms with Crippen LogP contribution in [0.15, 0.2) is 54.6 Å². The Hall–Kier alpha value is -1.97. The molecular formula is C18H19NO2. The van der Waals surface area contributed by atoms with Crippen molar-refractivity contribution < 1.29 is 9.53 Å². The average Bonchev–Trinajstić information content (AvgIpc) is 2.57. The van der Waals surface area contributed by atoms with Crippen molar-refractivity contribution >= 4 is 5.78 Å². The fraction of sp³-hybridized carbons (Fsp3) is 0.278. The molecule has 1 saturated heterocycles. The predicted octanol–water partition coefficient (Wildman–Crippen LogP) is 2.91. The molecule has 21 heavy (non-hydrogen) atoms. The third-order valence-electron chi connectivity index (χ3n) is 3.73. The summed E-state index contributed by atoms with van der Waals surface area (Å²) < 4.78 is 5.58. The lowest BCUT2D eigenvalue weighted by Crippen LogP contribution is -2.39. The molecule has 1 N–H and O–H groups in total. The summed E-state index contributed by atoms with van der Waals surface area (Å²) in [6.45, 7) is 2.31. The largest absolute Gasteiger partial charge is 0.375 e. The van der Waals surface area contributed by atoms with Gasteiger partial charge in [0.15, 0.2) is 5.78 Å². The van der Waals surface area contributed by atoms with Crippen LogP contribution in [0.2, 0.25) is 0 Å². The molecule has 1 aliphatic heterocycles. The van der Waals surface area contributed by atoms with Gasteiger partial charge in [-0.1, -0.05) is 54.6 Å². The lowest BCUT2D eigenvalue weighted by atomic mass is 10.00. The van der Waals surface area contributed by atoms with E-state index in [-0.39, 0.29) is 11.9 Å². The Balaban J connectivity index is 1.67. The van der Waals surface area contributed by atoms with Crippen molar-refractivity contribution in [1.82, 2.24) is 5.32 Å². The van der Waals surface area contributed by atoms with E-state index in [0.717, 1.165) is 29.8 Å². The quantitative estimate of drug-likeness (QED) is 0.876. The summed E-state index contributed by atoms with van der Waals surface area (Å²) in [4.78, 5) is 12.3. The van der Waals surface area contributed by atoms with Crippen LogP contribution in [0.1, 0.15) is 16.8 Å². The second kappa shape index (κ2) is 6.66. The molecule has 0 amide bonds. The Labute approximate surface area is 124 Å². The molecule has 0 aromatic heterocycles. The molecule has 1 unspecified atom stereocenters. The number of carbonyl (C=O) groups excluding carboxylic acids is 1. The molecule has 0 bridgehead atoms. The van der Waals surface area contributed by atoms with Crippen LogP contribution < -0.4 is 5.32 Å². The number of morpholine rings is 1. The van der Waals surface area contributed by atoms with Crippen LogP contribution in [0.4, 0.5) is 0 Å². The minimum atomic E-state index is 0.0000462. The molecule has 3 rings (SSSR count). The van der Waals surface area contributed by atoms with E-state index in [1.165, 1.54) is 0 Å². The fourth-order valence-electron chi connectivity index (χ4n) is 2.55. The lowest BCUT2D eigenvalue weighted by molar-refractivity contribution is 0.0240. The van der Waals surface area contributed by atoms with Crippen molar-refractivity contribution in [2.75, 3.05) is 19.7 Å². The second-order valence-electron chi connectivity index (χ2n) is 5.27. The number of rotatable bonds is 4. The molecule has 0 spiro atoms. The Kier molecular flexibility index (Phi) is 4.43. The first-order valence-electron chi connectivity index (χ1n) is 7.34. The molecule has 1 atom stereocenters. The number of benzene rings is 2. The summed E-state index contributed by atoms with van der Waals surface area (Å²) in [6.07, 6.45) is 0.442. The van der Waals surface area contributed by atoms with E-state index in [2.05, 4.69) is 17.4 Å². The Bertz CT molecular complexity index is 586. The summed E-state index contributed by atoms with van der Waals surface area (Å²) in [5.74, 6) is 0.142. The van der Waals surface area contributed by atoms with Crippen LogP contribution >= 0.6 is 0 Å². The van der Waals surface area contributed by atoms with Crippen LogP contribution in [-0.4, -0.2) is 31.6 Å². The number of Topliss-reactive ketones (excluding diaryl/α,β-unsaturated/α-hetero) is 1. The molecule has 2 aromatic rings. The summed E-state index contributed by atoms with van der Waals surface area (Å²) in [5.41, 5.74) is 3.04. The number of nitrogens with one attached hydrogen (secondary N) is 1. The normalized spacial score (nSPS) is 18.4. The lowest BCUT2D eigenvalue weighted by Gasteiger charge is -2.22. The molecule has 0 saturated carbocycles. The van der Waals surface area contributed by atoms with Gasteiger partial charge in [-0.05, 0) is 11.1 Å². The van der Waals surface area contributed by atoms with Gasteiger partial charge in [-0.15, -0.1) is 0 Å². The van der Waals surface area contributed by atoms with Gasteiger partial charge in [0.05, 0.1) is 12.7 Å². The van der Waals surface area contributed by atoms with Crippen molar-refractivity contribution in [3.8, 4) is 11.1 Å². The zero-order valence-electron chi connectivity index (χ0n) is 11.9. The smallest absolute Gasteiger partial charge is 0.165 e. The first kappa shape index (κ1) is 14.0. The van der Waals surface area contributed by atoms with Crippen LogP contribution in [0, 0.1) is 0 Å². The molecule has 0 radical (unpaired) electrons. The number of ether oxygens (including phenoxy) is 1. The SMILES string of the molecule is O=C(CC1CNCCO1)c1ccc(-c2ccccc2)cc1. The maximum atomic E-state index is 12.3. The van der Waals surface area contributed by atoms with Crippen LogP contribution in [0.3, 0.4) is 0 Å². The summed E-state index contributed by atoms with van der Waals surface area (Å²) in [7, 11) is 0. The molecule has 1 aliphatic rings. The minimum absolute atomic E-state index is 0.0000462. The van der Waals surface area contributed by atoms with E-state index in [4.69, 9.17) is 4.74 Å². The van der Waals surface area contributed by atoms with Gasteiger partial charge in [-0.3, -0.25) is 4.79 Å². The number of hydrogen-bond acceptors (Lipinski definition) is 3. The molecule has 1 heterocycles. The Morgan fingerprint density at radius 1 is 1.05 bits per heavy atom. The summed E-state index contributed by atoms with van der Waals surface area (Å²) >= 11 is 0. The average molecular weight is 281 g/mol. The van der Waals surface area contributed by atoms with Crippen molar-refractivity contribution in [3.05, 3.63) is 60.2 Å². The van der Waals surface area contributed by atoms with E-state index < -0.39 is 0 Å². The Morgan fingerprint density at radius 3 is 2.43 bits per heavy atom. The van der Waals surface area contributed by atoms with Gasteiger partial charge in [0.2, 0.25) is 0 Å². The van der Waals surface area contributed by atoms with Gasteiger partial charge in [-0.25, -0.2) is 0 Å². The van der Waals surface area contributed by atoms with Gasteiger partial charge < -0.3 is 10.1 Å². The molecular weight excluding hydrogens is 262 g/mol. The van der Waals surface area contributed by atoms with Gasteiger partial charge in [0, 0.05) is 25.1 Å². The van der Waals surface area contributed by atoms with Crippen molar-refractivity contribution in [2.45, 2.75) is 12.5 Å². The molecule has 0 aliphatic carbocycles. The zero-order chi connectivity index (χ0) is 14.5. The highest BCUT2D eigenvalue weighted by atomic mass is 16.5. The second-order valence-corrected chi connectivity index (χ2v) is 5.27. The monoisotopic (exact) mass is 281 g/mol. The zero-order valence-corrected chi connectivity index (χ0v) is 11.9. The van der Waals surface area contributed by atoms with Crippen molar-refractivity contribution in [2.24, 2.45) is 0 Å². The van der Waals surface area contributed by atoms with Gasteiger partial charge in [-0.2, -0.15) is 0 Å². The summed E-state index contributed by atoms with van der Waals surface area (Å²) in [5, 5.41) is 3.25. The first-order chi connectivity index (χ1) is 10.3. The van der Waals surface area contributed by atoms with E-state index in [9.17, 15) is 4.79 Å². The third-order valence-corrected chi connectivity index (χ3v) is 3.73. The van der Waals surface area contributed by atoms with Crippen molar-refractivity contribution in [1.29, 1.82) is 0 Å². The molecule has 108 valence electrons. The highest BCUT2D eigenvalue weighted by molar-refractivity contribution is 5.96. The maximum Gasteiger partial charge on any atom is 0.165 e. The van der Waals surface area contributed by atoms with E-state index in [0.29, 0.717) is 13.0 Å². The standard InChI is InChI=1S/C18H19NO2/c20-18(12-17-13-19-10-11-21-17)16-8-6-15(7-9-16)14-4-2-1-3-5-14/h1-9,17,19H,10-13H2. The first-order valence-corrected chi connectivity index (χ1v) is 7.34. The molecule has 2 aromatic carbocycles. The van der Waals surface area contributed by atoms with Gasteiger partial charge in [0.1, 0.15) is 0 Å². The highest BCUT2D eigenvalue weighted by Crippen LogP contribution is 2.20. The molecule has 3 nitrogen and oxygen atoms in total. The maximum absolute atomic E-state index is 12.3. The van der Waals surface area contributed by atoms with Gasteiger partial charge >= 0.3 is 0 Å².